The molecule has 0 aliphatic carbocycles. The lowest BCUT2D eigenvalue weighted by Gasteiger charge is -2.37. The van der Waals surface area contributed by atoms with Crippen LogP contribution < -0.4 is 0 Å². The zero-order chi connectivity index (χ0) is 18.4. The van der Waals surface area contributed by atoms with E-state index in [2.05, 4.69) is 0 Å². The van der Waals surface area contributed by atoms with Gasteiger partial charge in [0, 0.05) is 26.2 Å². The molecule has 25 heavy (non-hydrogen) atoms. The zero-order valence-corrected chi connectivity index (χ0v) is 16.0. The molecule has 0 N–H and O–H groups in total. The molecule has 1 atom stereocenters. The van der Waals surface area contributed by atoms with Gasteiger partial charge in [-0.05, 0) is 32.3 Å². The number of amides is 1. The van der Waals surface area contributed by atoms with Crippen LogP contribution in [0.3, 0.4) is 0 Å². The highest BCUT2D eigenvalue weighted by Gasteiger charge is 2.31. The van der Waals surface area contributed by atoms with Crippen LogP contribution in [0.1, 0.15) is 32.3 Å². The maximum atomic E-state index is 12.5. The largest absolute Gasteiger partial charge is 0.364 e. The molecular formula is C18H28N2O4S. The Morgan fingerprint density at radius 3 is 2.44 bits per heavy atom. The number of benzene rings is 1. The number of nitrogens with zero attached hydrogens (tertiary/aromatic N) is 2. The van der Waals surface area contributed by atoms with Gasteiger partial charge in [-0.3, -0.25) is 4.79 Å². The van der Waals surface area contributed by atoms with E-state index >= 15 is 0 Å². The number of likely N-dealkylation sites (tertiary alicyclic amines) is 1. The van der Waals surface area contributed by atoms with E-state index in [4.69, 9.17) is 4.74 Å². The second-order valence-corrected chi connectivity index (χ2v) is 8.73. The first-order valence-corrected chi connectivity index (χ1v) is 10.4. The van der Waals surface area contributed by atoms with Crippen molar-refractivity contribution in [1.29, 1.82) is 0 Å². The molecule has 7 heteroatoms. The van der Waals surface area contributed by atoms with Crippen LogP contribution in [0.5, 0.6) is 0 Å². The Kier molecular flexibility index (Phi) is 6.98. The molecule has 0 spiro atoms. The molecule has 1 aliphatic rings. The minimum absolute atomic E-state index is 0.0321. The van der Waals surface area contributed by atoms with E-state index in [1.165, 1.54) is 4.31 Å². The first kappa shape index (κ1) is 19.9. The lowest BCUT2D eigenvalue weighted by Crippen LogP contribution is -2.49. The van der Waals surface area contributed by atoms with E-state index in [0.717, 1.165) is 5.56 Å². The van der Waals surface area contributed by atoms with Gasteiger partial charge in [-0.15, -0.1) is 0 Å². The predicted molar refractivity (Wildman–Crippen MR) is 97.5 cm³/mol. The lowest BCUT2D eigenvalue weighted by atomic mass is 10.0. The van der Waals surface area contributed by atoms with Crippen molar-refractivity contribution in [1.82, 2.24) is 9.21 Å². The van der Waals surface area contributed by atoms with Crippen LogP contribution in [0.25, 0.3) is 0 Å². The molecule has 1 unspecified atom stereocenters. The van der Waals surface area contributed by atoms with Gasteiger partial charge in [-0.25, -0.2) is 12.7 Å². The number of rotatable bonds is 7. The van der Waals surface area contributed by atoms with E-state index in [9.17, 15) is 13.2 Å². The van der Waals surface area contributed by atoms with Crippen molar-refractivity contribution in [2.75, 3.05) is 25.9 Å². The van der Waals surface area contributed by atoms with Gasteiger partial charge in [-0.2, -0.15) is 0 Å². The Morgan fingerprint density at radius 1 is 1.28 bits per heavy atom. The maximum Gasteiger partial charge on any atom is 0.251 e. The fourth-order valence-electron chi connectivity index (χ4n) is 3.00. The number of hydrogen-bond donors (Lipinski definition) is 0. The molecule has 0 aromatic heterocycles. The molecule has 1 fully saturated rings. The minimum Gasteiger partial charge on any atom is -0.364 e. The minimum atomic E-state index is -3.19. The summed E-state index contributed by atoms with van der Waals surface area (Å²) in [5, 5.41) is 0. The quantitative estimate of drug-likeness (QED) is 0.737. The van der Waals surface area contributed by atoms with E-state index in [-0.39, 0.29) is 17.7 Å². The first-order valence-electron chi connectivity index (χ1n) is 8.75. The van der Waals surface area contributed by atoms with Gasteiger partial charge in [0.1, 0.15) is 6.10 Å². The van der Waals surface area contributed by atoms with Crippen molar-refractivity contribution in [3.05, 3.63) is 35.9 Å². The van der Waals surface area contributed by atoms with Gasteiger partial charge in [-0.1, -0.05) is 30.3 Å². The molecule has 1 aliphatic heterocycles. The lowest BCUT2D eigenvalue weighted by molar-refractivity contribution is -0.144. The fraction of sp³-hybridized carbons (Fsp3) is 0.611. The average Bonchev–Trinajstić information content (AvgIpc) is 2.65. The molecule has 140 valence electrons. The highest BCUT2D eigenvalue weighted by Crippen LogP contribution is 2.19. The van der Waals surface area contributed by atoms with E-state index in [1.54, 1.807) is 25.8 Å². The van der Waals surface area contributed by atoms with Crippen molar-refractivity contribution < 1.29 is 17.9 Å². The van der Waals surface area contributed by atoms with Crippen molar-refractivity contribution in [3.63, 3.8) is 0 Å². The summed E-state index contributed by atoms with van der Waals surface area (Å²) >= 11 is 0. The third kappa shape index (κ3) is 5.26. The van der Waals surface area contributed by atoms with Gasteiger partial charge in [0.15, 0.2) is 0 Å². The molecule has 1 aromatic carbocycles. The Bertz CT molecular complexity index is 655. The Morgan fingerprint density at radius 2 is 1.88 bits per heavy atom. The smallest absolute Gasteiger partial charge is 0.251 e. The summed E-state index contributed by atoms with van der Waals surface area (Å²) in [4.78, 5) is 14.3. The number of ether oxygens (including phenoxy) is 1. The van der Waals surface area contributed by atoms with Crippen LogP contribution in [-0.4, -0.2) is 61.6 Å². The average molecular weight is 368 g/mol. The molecule has 0 bridgehead atoms. The molecule has 1 saturated heterocycles. The summed E-state index contributed by atoms with van der Waals surface area (Å²) in [6.07, 6.45) is 0.814. The molecule has 6 nitrogen and oxygen atoms in total. The van der Waals surface area contributed by atoms with Gasteiger partial charge in [0.25, 0.3) is 5.91 Å². The van der Waals surface area contributed by atoms with Crippen molar-refractivity contribution in [2.24, 2.45) is 0 Å². The van der Waals surface area contributed by atoms with Crippen LogP contribution in [0.4, 0.5) is 0 Å². The topological polar surface area (TPSA) is 66.9 Å². The van der Waals surface area contributed by atoms with Crippen LogP contribution in [0.15, 0.2) is 30.3 Å². The second kappa shape index (κ2) is 8.78. The number of carbonyl (C=O) groups excluding carboxylic acids is 1. The number of carbonyl (C=O) groups is 1. The maximum absolute atomic E-state index is 12.5. The SMILES string of the molecule is CCS(=O)(=O)N(C)C1CCN(C(=O)C(C)OCc2ccccc2)CC1. The Hall–Kier alpha value is -1.44. The third-order valence-electron chi connectivity index (χ3n) is 4.78. The molecule has 0 saturated carbocycles. The number of hydrogen-bond acceptors (Lipinski definition) is 4. The fourth-order valence-corrected chi connectivity index (χ4v) is 4.08. The molecule has 0 radical (unpaired) electrons. The normalized spacial score (nSPS) is 17.7. The van der Waals surface area contributed by atoms with Crippen molar-refractivity contribution >= 4 is 15.9 Å². The summed E-state index contributed by atoms with van der Waals surface area (Å²) in [5.41, 5.74) is 1.03. The molecule has 1 heterocycles. The molecule has 1 aromatic rings. The van der Waals surface area contributed by atoms with Gasteiger partial charge < -0.3 is 9.64 Å². The van der Waals surface area contributed by atoms with E-state index in [0.29, 0.717) is 32.5 Å². The third-order valence-corrected chi connectivity index (χ3v) is 6.69. The van der Waals surface area contributed by atoms with Crippen LogP contribution >= 0.6 is 0 Å². The second-order valence-electron chi connectivity index (χ2n) is 6.41. The molecule has 2 rings (SSSR count). The highest BCUT2D eigenvalue weighted by atomic mass is 32.2. The van der Waals surface area contributed by atoms with Gasteiger partial charge in [0.05, 0.1) is 12.4 Å². The van der Waals surface area contributed by atoms with E-state index < -0.39 is 16.1 Å². The summed E-state index contributed by atoms with van der Waals surface area (Å²) < 4.78 is 31.1. The Balaban J connectivity index is 1.82. The van der Waals surface area contributed by atoms with Gasteiger partial charge >= 0.3 is 0 Å². The van der Waals surface area contributed by atoms with Crippen LogP contribution in [-0.2, 0) is 26.2 Å². The molecule has 1 amide bonds. The first-order chi connectivity index (χ1) is 11.8. The predicted octanol–water partition coefficient (Wildman–Crippen LogP) is 1.86. The van der Waals surface area contributed by atoms with Crippen molar-refractivity contribution in [2.45, 2.75) is 45.4 Å². The number of piperidine rings is 1. The van der Waals surface area contributed by atoms with Gasteiger partial charge in [0.2, 0.25) is 10.0 Å². The van der Waals surface area contributed by atoms with Crippen molar-refractivity contribution in [3.8, 4) is 0 Å². The van der Waals surface area contributed by atoms with E-state index in [1.807, 2.05) is 30.3 Å². The number of sulfonamides is 1. The van der Waals surface area contributed by atoms with Crippen LogP contribution in [0, 0.1) is 0 Å². The highest BCUT2D eigenvalue weighted by molar-refractivity contribution is 7.89. The monoisotopic (exact) mass is 368 g/mol. The summed E-state index contributed by atoms with van der Waals surface area (Å²) in [5.74, 6) is 0.0721. The summed E-state index contributed by atoms with van der Waals surface area (Å²) in [7, 11) is -1.55. The summed E-state index contributed by atoms with van der Waals surface area (Å²) in [6, 6.07) is 9.72. The Labute approximate surface area is 150 Å². The molecular weight excluding hydrogens is 340 g/mol. The standard InChI is InChI=1S/C18H28N2O4S/c1-4-25(22,23)19(3)17-10-12-20(13-11-17)18(21)15(2)24-14-16-8-6-5-7-9-16/h5-9,15,17H,4,10-14H2,1-3H3. The zero-order valence-electron chi connectivity index (χ0n) is 15.2. The van der Waals surface area contributed by atoms with Crippen LogP contribution in [0.2, 0.25) is 0 Å². The summed E-state index contributed by atoms with van der Waals surface area (Å²) in [6.45, 7) is 4.95.